The van der Waals surface area contributed by atoms with Crippen molar-refractivity contribution in [3.05, 3.63) is 60.1 Å². The Morgan fingerprint density at radius 3 is 2.75 bits per heavy atom. The summed E-state index contributed by atoms with van der Waals surface area (Å²) in [4.78, 5) is 20.8. The topological polar surface area (TPSA) is 84.7 Å². The van der Waals surface area contributed by atoms with Crippen molar-refractivity contribution in [1.82, 2.24) is 24.3 Å². The molecule has 7 nitrogen and oxygen atoms in total. The number of fused-ring (bicyclic) bond motifs is 2. The molecule has 7 heteroatoms. The molecule has 28 heavy (non-hydrogen) atoms. The van der Waals surface area contributed by atoms with E-state index in [0.29, 0.717) is 11.6 Å². The number of likely N-dealkylation sites (N-methyl/N-ethyl adjacent to an activating group) is 1. The number of nitrogen functional groups attached to an aromatic ring is 1. The number of aliphatic imine (C=N–C) groups is 1. The number of hydrogen-bond acceptors (Lipinski definition) is 6. The number of anilines is 1. The van der Waals surface area contributed by atoms with Crippen LogP contribution in [-0.4, -0.2) is 49.2 Å². The number of nitrogens with zero attached hydrogens (tertiary/aromatic N) is 6. The van der Waals surface area contributed by atoms with E-state index in [4.69, 9.17) is 20.7 Å². The van der Waals surface area contributed by atoms with Crippen LogP contribution < -0.4 is 5.73 Å². The van der Waals surface area contributed by atoms with Gasteiger partial charge in [0.05, 0.1) is 29.3 Å². The number of pyridine rings is 1. The fourth-order valence-corrected chi connectivity index (χ4v) is 3.87. The average molecular weight is 371 g/mol. The maximum atomic E-state index is 5.90. The molecule has 0 amide bonds. The molecule has 4 heterocycles. The van der Waals surface area contributed by atoms with Gasteiger partial charge in [-0.05, 0) is 37.6 Å². The minimum absolute atomic E-state index is 0.155. The number of aromatic nitrogens is 4. The molecule has 3 aromatic heterocycles. The van der Waals surface area contributed by atoms with E-state index in [1.165, 1.54) is 0 Å². The molecule has 2 unspecified atom stereocenters. The van der Waals surface area contributed by atoms with Gasteiger partial charge in [-0.1, -0.05) is 24.3 Å². The summed E-state index contributed by atoms with van der Waals surface area (Å²) in [6, 6.07) is 8.10. The summed E-state index contributed by atoms with van der Waals surface area (Å²) in [5.41, 5.74) is 10.5. The predicted molar refractivity (Wildman–Crippen MR) is 111 cm³/mol. The van der Waals surface area contributed by atoms with Crippen LogP contribution in [-0.2, 0) is 0 Å². The van der Waals surface area contributed by atoms with Crippen LogP contribution >= 0.6 is 0 Å². The van der Waals surface area contributed by atoms with E-state index in [-0.39, 0.29) is 12.1 Å². The fourth-order valence-electron chi connectivity index (χ4n) is 3.87. The molecule has 0 aromatic carbocycles. The summed E-state index contributed by atoms with van der Waals surface area (Å²) in [6.45, 7) is 4.02. The van der Waals surface area contributed by atoms with Crippen LogP contribution in [0.3, 0.4) is 0 Å². The first kappa shape index (κ1) is 16.7. The molecule has 0 spiro atoms. The molecule has 2 atom stereocenters. The van der Waals surface area contributed by atoms with E-state index in [2.05, 4.69) is 35.2 Å². The van der Waals surface area contributed by atoms with Crippen LogP contribution in [0.25, 0.3) is 22.7 Å². The Balaban J connectivity index is 1.73. The monoisotopic (exact) mass is 371 g/mol. The number of allylic oxidation sites excluding steroid dienone is 2. The molecule has 0 fully saturated rings. The van der Waals surface area contributed by atoms with Crippen molar-refractivity contribution in [2.45, 2.75) is 25.9 Å². The minimum atomic E-state index is 0.155. The van der Waals surface area contributed by atoms with Crippen molar-refractivity contribution < 1.29 is 0 Å². The van der Waals surface area contributed by atoms with E-state index >= 15 is 0 Å². The van der Waals surface area contributed by atoms with Crippen LogP contribution in [0.15, 0.2) is 53.7 Å². The molecule has 0 bridgehead atoms. The number of amidine groups is 1. The fraction of sp³-hybridized carbons (Fsp3) is 0.238. The van der Waals surface area contributed by atoms with Gasteiger partial charge in [0.2, 0.25) is 5.78 Å². The molecule has 140 valence electrons. The summed E-state index contributed by atoms with van der Waals surface area (Å²) >= 11 is 0. The molecule has 0 saturated carbocycles. The molecule has 5 rings (SSSR count). The molecule has 1 aliphatic carbocycles. The van der Waals surface area contributed by atoms with E-state index in [1.54, 1.807) is 6.07 Å². The van der Waals surface area contributed by atoms with Gasteiger partial charge in [0, 0.05) is 18.9 Å². The third-order valence-electron chi connectivity index (χ3n) is 5.39. The highest BCUT2D eigenvalue weighted by Gasteiger charge is 2.32. The van der Waals surface area contributed by atoms with Crippen LogP contribution in [0.2, 0.25) is 0 Å². The zero-order valence-corrected chi connectivity index (χ0v) is 16.0. The van der Waals surface area contributed by atoms with Gasteiger partial charge in [0.15, 0.2) is 0 Å². The molecular weight excluding hydrogens is 350 g/mol. The first-order valence-corrected chi connectivity index (χ1v) is 9.27. The summed E-state index contributed by atoms with van der Waals surface area (Å²) in [5.74, 6) is 2.06. The van der Waals surface area contributed by atoms with Gasteiger partial charge in [0.1, 0.15) is 11.5 Å². The van der Waals surface area contributed by atoms with E-state index < -0.39 is 0 Å². The molecule has 0 saturated heterocycles. The molecular formula is C21H21N7. The van der Waals surface area contributed by atoms with Gasteiger partial charge in [-0.15, -0.1) is 0 Å². The summed E-state index contributed by atoms with van der Waals surface area (Å²) in [7, 11) is 2.08. The number of hydrogen-bond donors (Lipinski definition) is 1. The predicted octanol–water partition coefficient (Wildman–Crippen LogP) is 2.74. The smallest absolute Gasteiger partial charge is 0.236 e. The Labute approximate surface area is 163 Å². The van der Waals surface area contributed by atoms with Crippen molar-refractivity contribution in [3.63, 3.8) is 0 Å². The lowest BCUT2D eigenvalue weighted by Gasteiger charge is -2.25. The summed E-state index contributed by atoms with van der Waals surface area (Å²) in [6.07, 6.45) is 8.45. The molecule has 2 N–H and O–H groups in total. The SMILES string of the molecule is CC1=NC2C=CC(c3c(-c4cccc(C)n4)nc4nc(N)ccn34)=CC2N1C. The minimum Gasteiger partial charge on any atom is -0.384 e. The quantitative estimate of drug-likeness (QED) is 0.749. The standard InChI is InChI=1S/C21H21N7/c1-12-5-4-6-16(23-12)19-20(28-10-9-18(22)25-21(28)26-19)14-7-8-15-17(11-14)27(3)13(2)24-15/h4-11,15,17H,1-3H3,(H2,22,25,26). The van der Waals surface area contributed by atoms with Crippen molar-refractivity contribution in [1.29, 1.82) is 0 Å². The summed E-state index contributed by atoms with van der Waals surface area (Å²) in [5, 5.41) is 0. The number of aryl methyl sites for hydroxylation is 1. The van der Waals surface area contributed by atoms with Gasteiger partial charge in [-0.25, -0.2) is 4.98 Å². The van der Waals surface area contributed by atoms with E-state index in [1.807, 2.05) is 42.6 Å². The highest BCUT2D eigenvalue weighted by molar-refractivity contribution is 5.87. The van der Waals surface area contributed by atoms with E-state index in [0.717, 1.165) is 34.2 Å². The van der Waals surface area contributed by atoms with Crippen LogP contribution in [0, 0.1) is 6.92 Å². The highest BCUT2D eigenvalue weighted by atomic mass is 15.3. The number of imidazole rings is 1. The Morgan fingerprint density at radius 2 is 1.93 bits per heavy atom. The molecule has 1 aliphatic heterocycles. The molecule has 0 radical (unpaired) electrons. The average Bonchev–Trinajstić information content (AvgIpc) is 3.19. The van der Waals surface area contributed by atoms with Crippen molar-refractivity contribution in [2.24, 2.45) is 4.99 Å². The second kappa shape index (κ2) is 6.02. The zero-order chi connectivity index (χ0) is 19.4. The normalized spacial score (nSPS) is 21.0. The Hall–Kier alpha value is -3.48. The van der Waals surface area contributed by atoms with Crippen molar-refractivity contribution in [3.8, 4) is 11.4 Å². The van der Waals surface area contributed by atoms with Crippen LogP contribution in [0.5, 0.6) is 0 Å². The zero-order valence-electron chi connectivity index (χ0n) is 16.0. The first-order chi connectivity index (χ1) is 13.5. The van der Waals surface area contributed by atoms with Crippen LogP contribution in [0.4, 0.5) is 5.82 Å². The molecule has 3 aromatic rings. The van der Waals surface area contributed by atoms with Gasteiger partial charge in [-0.3, -0.25) is 14.4 Å². The van der Waals surface area contributed by atoms with Gasteiger partial charge in [0.25, 0.3) is 0 Å². The Bertz CT molecular complexity index is 1180. The maximum absolute atomic E-state index is 5.90. The van der Waals surface area contributed by atoms with Crippen molar-refractivity contribution in [2.75, 3.05) is 12.8 Å². The number of nitrogens with two attached hydrogens (primary N) is 1. The second-order valence-electron chi connectivity index (χ2n) is 7.25. The number of rotatable bonds is 2. The second-order valence-corrected chi connectivity index (χ2v) is 7.25. The first-order valence-electron chi connectivity index (χ1n) is 9.27. The molecule has 2 aliphatic rings. The van der Waals surface area contributed by atoms with Gasteiger partial charge in [-0.2, -0.15) is 4.98 Å². The Kier molecular flexibility index (Phi) is 3.58. The lowest BCUT2D eigenvalue weighted by molar-refractivity contribution is 0.436. The van der Waals surface area contributed by atoms with Gasteiger partial charge >= 0.3 is 0 Å². The van der Waals surface area contributed by atoms with Crippen LogP contribution in [0.1, 0.15) is 18.3 Å². The third-order valence-corrected chi connectivity index (χ3v) is 5.39. The third kappa shape index (κ3) is 2.51. The summed E-state index contributed by atoms with van der Waals surface area (Å²) < 4.78 is 1.98. The largest absolute Gasteiger partial charge is 0.384 e. The van der Waals surface area contributed by atoms with E-state index in [9.17, 15) is 0 Å². The lowest BCUT2D eigenvalue weighted by atomic mass is 9.95. The van der Waals surface area contributed by atoms with Gasteiger partial charge < -0.3 is 10.6 Å². The lowest BCUT2D eigenvalue weighted by Crippen LogP contribution is -2.34. The maximum Gasteiger partial charge on any atom is 0.236 e. The van der Waals surface area contributed by atoms with Crippen molar-refractivity contribution >= 4 is 23.0 Å². The highest BCUT2D eigenvalue weighted by Crippen LogP contribution is 2.34. The Morgan fingerprint density at radius 1 is 1.07 bits per heavy atom.